The summed E-state index contributed by atoms with van der Waals surface area (Å²) in [6, 6.07) is 1.73. The van der Waals surface area contributed by atoms with Crippen molar-refractivity contribution in [1.29, 1.82) is 0 Å². The van der Waals surface area contributed by atoms with E-state index in [1.165, 1.54) is 0 Å². The first-order chi connectivity index (χ1) is 13.6. The Kier molecular flexibility index (Phi) is 4.26. The number of fused-ring (bicyclic) bond motifs is 1. The minimum absolute atomic E-state index is 0.124. The number of nitrogens with one attached hydrogen (secondary N) is 1. The molecule has 2 bridgehead atoms. The summed E-state index contributed by atoms with van der Waals surface area (Å²) in [4.78, 5) is 29.9. The first-order valence-electron chi connectivity index (χ1n) is 9.77. The molecule has 4 aliphatic rings. The quantitative estimate of drug-likeness (QED) is 0.693. The van der Waals surface area contributed by atoms with Gasteiger partial charge in [-0.15, -0.1) is 0 Å². The zero-order valence-electron chi connectivity index (χ0n) is 15.8. The Hall–Kier alpha value is -2.23. The maximum atomic E-state index is 13.1. The van der Waals surface area contributed by atoms with Gasteiger partial charge in [-0.2, -0.15) is 0 Å². The molecule has 9 nitrogen and oxygen atoms in total. The normalized spacial score (nSPS) is 34.2. The third-order valence-corrected chi connectivity index (χ3v) is 6.13. The van der Waals surface area contributed by atoms with Crippen LogP contribution in [0.25, 0.3) is 0 Å². The van der Waals surface area contributed by atoms with Crippen molar-refractivity contribution in [3.63, 3.8) is 0 Å². The molecule has 0 saturated carbocycles. The molecular weight excluding hydrogens is 364 g/mol. The molecule has 2 amide bonds. The van der Waals surface area contributed by atoms with Gasteiger partial charge in [0.05, 0.1) is 37.7 Å². The highest BCUT2D eigenvalue weighted by molar-refractivity contribution is 6.02. The predicted molar refractivity (Wildman–Crippen MR) is 97.6 cm³/mol. The summed E-state index contributed by atoms with van der Waals surface area (Å²) < 4.78 is 16.6. The molecule has 5 heterocycles. The standard InChI is InChI=1S/C19H24N4O5/c1-12-10-14(21-28-12)23-11-19-3-2-13(27-19)15(16(19)18(23)25)17(24)20-4-5-22-6-8-26-9-7-22/h2-3,10,13,15-16H,4-9,11H2,1H3,(H,20,24)/t13-,15-,16-,19-/m1/s1. The molecule has 4 atom stereocenters. The molecule has 1 aromatic rings. The molecule has 0 unspecified atom stereocenters. The van der Waals surface area contributed by atoms with Crippen molar-refractivity contribution in [3.05, 3.63) is 24.0 Å². The lowest BCUT2D eigenvalue weighted by molar-refractivity contribution is -0.132. The highest BCUT2D eigenvalue weighted by Crippen LogP contribution is 2.52. The molecule has 0 radical (unpaired) electrons. The third-order valence-electron chi connectivity index (χ3n) is 6.13. The van der Waals surface area contributed by atoms with Crippen LogP contribution >= 0.6 is 0 Å². The number of hydrogen-bond donors (Lipinski definition) is 1. The van der Waals surface area contributed by atoms with Gasteiger partial charge < -0.3 is 19.3 Å². The Morgan fingerprint density at radius 2 is 2.21 bits per heavy atom. The Labute approximate surface area is 162 Å². The van der Waals surface area contributed by atoms with Crippen LogP contribution in [0.15, 0.2) is 22.7 Å². The molecular formula is C19H24N4O5. The first kappa shape index (κ1) is 17.8. The van der Waals surface area contributed by atoms with E-state index >= 15 is 0 Å². The molecule has 3 fully saturated rings. The number of hydrogen-bond acceptors (Lipinski definition) is 7. The zero-order chi connectivity index (χ0) is 19.3. The monoisotopic (exact) mass is 388 g/mol. The van der Waals surface area contributed by atoms with Crippen LogP contribution in [0.1, 0.15) is 5.76 Å². The van der Waals surface area contributed by atoms with Crippen molar-refractivity contribution in [2.75, 3.05) is 50.8 Å². The smallest absolute Gasteiger partial charge is 0.235 e. The number of carbonyl (C=O) groups excluding carboxylic acids is 2. The minimum atomic E-state index is -0.749. The van der Waals surface area contributed by atoms with Crippen LogP contribution in [-0.2, 0) is 19.1 Å². The largest absolute Gasteiger partial charge is 0.379 e. The highest BCUT2D eigenvalue weighted by atomic mass is 16.5. The summed E-state index contributed by atoms with van der Waals surface area (Å²) in [7, 11) is 0. The van der Waals surface area contributed by atoms with Crippen molar-refractivity contribution in [3.8, 4) is 0 Å². The second-order valence-electron chi connectivity index (χ2n) is 7.87. The molecule has 9 heteroatoms. The van der Waals surface area contributed by atoms with E-state index in [0.717, 1.165) is 32.8 Å². The molecule has 0 aliphatic carbocycles. The summed E-state index contributed by atoms with van der Waals surface area (Å²) in [5, 5.41) is 6.97. The molecule has 0 aromatic carbocycles. The van der Waals surface area contributed by atoms with Gasteiger partial charge in [-0.25, -0.2) is 0 Å². The van der Waals surface area contributed by atoms with E-state index < -0.39 is 17.4 Å². The minimum Gasteiger partial charge on any atom is -0.379 e. The lowest BCUT2D eigenvalue weighted by atomic mass is 9.77. The summed E-state index contributed by atoms with van der Waals surface area (Å²) in [6.45, 7) is 6.68. The predicted octanol–water partition coefficient (Wildman–Crippen LogP) is -0.282. The van der Waals surface area contributed by atoms with E-state index in [4.69, 9.17) is 14.0 Å². The van der Waals surface area contributed by atoms with Gasteiger partial charge in [-0.3, -0.25) is 19.4 Å². The molecule has 5 rings (SSSR count). The molecule has 1 spiro atoms. The average molecular weight is 388 g/mol. The van der Waals surface area contributed by atoms with Crippen molar-refractivity contribution in [2.24, 2.45) is 11.8 Å². The number of morpholine rings is 1. The van der Waals surface area contributed by atoms with Gasteiger partial charge in [0.25, 0.3) is 0 Å². The van der Waals surface area contributed by atoms with E-state index in [9.17, 15) is 9.59 Å². The van der Waals surface area contributed by atoms with Gasteiger partial charge in [0.15, 0.2) is 5.82 Å². The summed E-state index contributed by atoms with van der Waals surface area (Å²) >= 11 is 0. The van der Waals surface area contributed by atoms with E-state index in [1.54, 1.807) is 17.9 Å². The van der Waals surface area contributed by atoms with E-state index in [2.05, 4.69) is 15.4 Å². The van der Waals surface area contributed by atoms with Gasteiger partial charge in [0, 0.05) is 32.2 Å². The highest BCUT2D eigenvalue weighted by Gasteiger charge is 2.67. The molecule has 28 heavy (non-hydrogen) atoms. The Morgan fingerprint density at radius 1 is 1.39 bits per heavy atom. The Morgan fingerprint density at radius 3 is 2.96 bits per heavy atom. The Bertz CT molecular complexity index is 817. The number of nitrogens with zero attached hydrogens (tertiary/aromatic N) is 3. The number of carbonyl (C=O) groups is 2. The van der Waals surface area contributed by atoms with Gasteiger partial charge in [-0.1, -0.05) is 17.3 Å². The summed E-state index contributed by atoms with van der Waals surface area (Å²) in [6.07, 6.45) is 3.50. The van der Waals surface area contributed by atoms with Gasteiger partial charge >= 0.3 is 0 Å². The van der Waals surface area contributed by atoms with Crippen molar-refractivity contribution >= 4 is 17.6 Å². The second-order valence-corrected chi connectivity index (χ2v) is 7.87. The first-order valence-corrected chi connectivity index (χ1v) is 9.77. The number of amides is 2. The third kappa shape index (κ3) is 2.76. The van der Waals surface area contributed by atoms with Crippen LogP contribution in [0.2, 0.25) is 0 Å². The fraction of sp³-hybridized carbons (Fsp3) is 0.632. The molecule has 150 valence electrons. The van der Waals surface area contributed by atoms with Gasteiger partial charge in [0.1, 0.15) is 11.4 Å². The number of ether oxygens (including phenoxy) is 2. The maximum absolute atomic E-state index is 13.1. The lowest BCUT2D eigenvalue weighted by Crippen LogP contribution is -2.46. The second kappa shape index (κ2) is 6.68. The van der Waals surface area contributed by atoms with Crippen LogP contribution in [-0.4, -0.2) is 79.5 Å². The fourth-order valence-electron chi connectivity index (χ4n) is 4.75. The van der Waals surface area contributed by atoms with Crippen LogP contribution in [0.5, 0.6) is 0 Å². The van der Waals surface area contributed by atoms with Gasteiger partial charge in [0.2, 0.25) is 11.8 Å². The number of anilines is 1. The molecule has 1 N–H and O–H groups in total. The van der Waals surface area contributed by atoms with Crippen LogP contribution in [0.3, 0.4) is 0 Å². The Balaban J connectivity index is 1.27. The summed E-state index contributed by atoms with van der Waals surface area (Å²) in [5.41, 5.74) is -0.749. The van der Waals surface area contributed by atoms with Gasteiger partial charge in [-0.05, 0) is 6.92 Å². The fourth-order valence-corrected chi connectivity index (χ4v) is 4.75. The topological polar surface area (TPSA) is 97.1 Å². The molecule has 4 aliphatic heterocycles. The lowest BCUT2D eigenvalue weighted by Gasteiger charge is -2.27. The molecule has 1 aromatic heterocycles. The van der Waals surface area contributed by atoms with Crippen LogP contribution in [0, 0.1) is 18.8 Å². The van der Waals surface area contributed by atoms with E-state index in [0.29, 0.717) is 24.7 Å². The van der Waals surface area contributed by atoms with E-state index in [1.807, 2.05) is 12.2 Å². The number of aryl methyl sites for hydroxylation is 1. The summed E-state index contributed by atoms with van der Waals surface area (Å²) in [5.74, 6) is -0.189. The number of aromatic nitrogens is 1. The van der Waals surface area contributed by atoms with Crippen LogP contribution in [0.4, 0.5) is 5.82 Å². The van der Waals surface area contributed by atoms with Crippen molar-refractivity contribution < 1.29 is 23.6 Å². The molecule has 3 saturated heterocycles. The SMILES string of the molecule is Cc1cc(N2C[C@@]34C=C[C@@H](O3)[C@@H](C(=O)NCCN3CCOCC3)[C@@H]4C2=O)no1. The number of rotatable bonds is 5. The van der Waals surface area contributed by atoms with Crippen molar-refractivity contribution in [1.82, 2.24) is 15.4 Å². The average Bonchev–Trinajstić information content (AvgIpc) is 3.44. The zero-order valence-corrected chi connectivity index (χ0v) is 15.8. The van der Waals surface area contributed by atoms with Crippen molar-refractivity contribution in [2.45, 2.75) is 18.6 Å². The van der Waals surface area contributed by atoms with Crippen LogP contribution < -0.4 is 10.2 Å². The van der Waals surface area contributed by atoms with E-state index in [-0.39, 0.29) is 17.9 Å². The maximum Gasteiger partial charge on any atom is 0.235 e.